The van der Waals surface area contributed by atoms with E-state index in [1.54, 1.807) is 0 Å². The lowest BCUT2D eigenvalue weighted by Crippen LogP contribution is -3.16. The Morgan fingerprint density at radius 2 is 2.10 bits per heavy atom. The highest BCUT2D eigenvalue weighted by Crippen LogP contribution is 2.19. The smallest absolute Gasteiger partial charge is 0.279 e. The minimum Gasteiger partial charge on any atom is -0.364 e. The number of amides is 1. The van der Waals surface area contributed by atoms with Gasteiger partial charge in [-0.1, -0.05) is 11.6 Å². The quantitative estimate of drug-likeness (QED) is 0.878. The van der Waals surface area contributed by atoms with Gasteiger partial charge in [-0.25, -0.2) is 4.39 Å². The van der Waals surface area contributed by atoms with Crippen molar-refractivity contribution >= 4 is 23.2 Å². The summed E-state index contributed by atoms with van der Waals surface area (Å²) in [5, 5.41) is 2.96. The highest BCUT2D eigenvalue weighted by Gasteiger charge is 2.27. The maximum Gasteiger partial charge on any atom is 0.279 e. The molecular formula is C14H19ClFN2O2+. The summed E-state index contributed by atoms with van der Waals surface area (Å²) in [6.45, 7) is 5.82. The number of morpholine rings is 1. The molecule has 1 saturated heterocycles. The van der Waals surface area contributed by atoms with E-state index in [0.717, 1.165) is 18.0 Å². The number of anilines is 1. The minimum atomic E-state index is -0.485. The van der Waals surface area contributed by atoms with Crippen LogP contribution >= 0.6 is 11.6 Å². The van der Waals surface area contributed by atoms with Crippen LogP contribution in [0.3, 0.4) is 0 Å². The summed E-state index contributed by atoms with van der Waals surface area (Å²) in [7, 11) is 0. The fourth-order valence-electron chi connectivity index (χ4n) is 2.55. The molecule has 2 rings (SSSR count). The zero-order valence-corrected chi connectivity index (χ0v) is 12.3. The van der Waals surface area contributed by atoms with Crippen LogP contribution in [0, 0.1) is 5.82 Å². The summed E-state index contributed by atoms with van der Waals surface area (Å²) in [4.78, 5) is 13.1. The molecule has 2 N–H and O–H groups in total. The second-order valence-corrected chi connectivity index (χ2v) is 5.70. The lowest BCUT2D eigenvalue weighted by atomic mass is 10.2. The summed E-state index contributed by atoms with van der Waals surface area (Å²) in [6.07, 6.45) is 0.258. The molecule has 20 heavy (non-hydrogen) atoms. The summed E-state index contributed by atoms with van der Waals surface area (Å²) in [6, 6.07) is 4.10. The standard InChI is InChI=1S/C14H18ClFN2O2/c1-9-6-18(7-10(2)20-9)8-14(19)17-13-5-11(15)3-4-12(13)16/h3-5,9-10H,6-8H2,1-2H3,(H,17,19)/p+1/t9-,10-/m0/s1. The molecule has 1 aliphatic rings. The van der Waals surface area contributed by atoms with E-state index in [9.17, 15) is 9.18 Å². The van der Waals surface area contributed by atoms with Gasteiger partial charge in [0.2, 0.25) is 0 Å². The van der Waals surface area contributed by atoms with Crippen LogP contribution in [-0.4, -0.2) is 37.7 Å². The molecule has 1 aromatic carbocycles. The molecule has 6 heteroatoms. The van der Waals surface area contributed by atoms with Crippen molar-refractivity contribution in [1.82, 2.24) is 0 Å². The van der Waals surface area contributed by atoms with Gasteiger partial charge in [0.25, 0.3) is 5.91 Å². The van der Waals surface area contributed by atoms with Gasteiger partial charge < -0.3 is 15.0 Å². The van der Waals surface area contributed by atoms with E-state index in [2.05, 4.69) is 5.32 Å². The van der Waals surface area contributed by atoms with Crippen molar-refractivity contribution in [2.45, 2.75) is 26.1 Å². The molecule has 1 aliphatic heterocycles. The van der Waals surface area contributed by atoms with Crippen molar-refractivity contribution in [2.75, 3.05) is 25.0 Å². The third-order valence-electron chi connectivity index (χ3n) is 3.23. The first-order valence-corrected chi connectivity index (χ1v) is 7.05. The number of hydrogen-bond acceptors (Lipinski definition) is 2. The molecule has 0 saturated carbocycles. The van der Waals surface area contributed by atoms with E-state index in [1.807, 2.05) is 13.8 Å². The molecule has 0 radical (unpaired) electrons. The molecule has 0 aromatic heterocycles. The Morgan fingerprint density at radius 1 is 1.45 bits per heavy atom. The Labute approximate surface area is 122 Å². The average molecular weight is 302 g/mol. The van der Waals surface area contributed by atoms with Gasteiger partial charge in [-0.2, -0.15) is 0 Å². The predicted molar refractivity (Wildman–Crippen MR) is 75.6 cm³/mol. The SMILES string of the molecule is C[C@H]1C[NH+](CC(=O)Nc2cc(Cl)ccc2F)C[C@H](C)O1. The largest absolute Gasteiger partial charge is 0.364 e. The highest BCUT2D eigenvalue weighted by molar-refractivity contribution is 6.30. The van der Waals surface area contributed by atoms with Crippen LogP contribution in [0.1, 0.15) is 13.8 Å². The zero-order chi connectivity index (χ0) is 14.7. The molecule has 4 nitrogen and oxygen atoms in total. The van der Waals surface area contributed by atoms with Gasteiger partial charge in [0.05, 0.1) is 5.69 Å². The second kappa shape index (κ2) is 6.52. The first kappa shape index (κ1) is 15.2. The summed E-state index contributed by atoms with van der Waals surface area (Å²) < 4.78 is 19.2. The lowest BCUT2D eigenvalue weighted by Gasteiger charge is -2.31. The Kier molecular flexibility index (Phi) is 4.96. The number of ether oxygens (including phenoxy) is 1. The van der Waals surface area contributed by atoms with Crippen LogP contribution in [-0.2, 0) is 9.53 Å². The number of rotatable bonds is 3. The highest BCUT2D eigenvalue weighted by atomic mass is 35.5. The van der Waals surface area contributed by atoms with Crippen LogP contribution in [0.2, 0.25) is 5.02 Å². The van der Waals surface area contributed by atoms with E-state index >= 15 is 0 Å². The maximum atomic E-state index is 13.5. The summed E-state index contributed by atoms with van der Waals surface area (Å²) in [5.74, 6) is -0.705. The van der Waals surface area contributed by atoms with Gasteiger partial charge in [0.15, 0.2) is 6.54 Å². The molecule has 0 aliphatic carbocycles. The van der Waals surface area contributed by atoms with Gasteiger partial charge in [0, 0.05) is 5.02 Å². The molecule has 1 aromatic rings. The Balaban J connectivity index is 1.93. The second-order valence-electron chi connectivity index (χ2n) is 5.26. The molecule has 1 fully saturated rings. The molecule has 1 amide bonds. The Morgan fingerprint density at radius 3 is 2.75 bits per heavy atom. The summed E-state index contributed by atoms with van der Waals surface area (Å²) >= 11 is 5.79. The lowest BCUT2D eigenvalue weighted by molar-refractivity contribution is -0.907. The Bertz CT molecular complexity index is 488. The normalized spacial score (nSPS) is 26.3. The number of carbonyl (C=O) groups is 1. The van der Waals surface area contributed by atoms with E-state index in [4.69, 9.17) is 16.3 Å². The summed E-state index contributed by atoms with van der Waals surface area (Å²) in [5.41, 5.74) is 0.122. The van der Waals surface area contributed by atoms with Crippen molar-refractivity contribution in [3.63, 3.8) is 0 Å². The topological polar surface area (TPSA) is 42.8 Å². The molecule has 0 spiro atoms. The average Bonchev–Trinajstić information content (AvgIpc) is 2.32. The van der Waals surface area contributed by atoms with Crippen molar-refractivity contribution in [2.24, 2.45) is 0 Å². The number of halogens is 2. The van der Waals surface area contributed by atoms with Crippen LogP contribution in [0.25, 0.3) is 0 Å². The van der Waals surface area contributed by atoms with Crippen molar-refractivity contribution < 1.29 is 18.8 Å². The van der Waals surface area contributed by atoms with Crippen molar-refractivity contribution in [1.29, 1.82) is 0 Å². The molecular weight excluding hydrogens is 283 g/mol. The van der Waals surface area contributed by atoms with Crippen LogP contribution in [0.4, 0.5) is 10.1 Å². The number of carbonyl (C=O) groups excluding carboxylic acids is 1. The van der Waals surface area contributed by atoms with Crippen LogP contribution in [0.15, 0.2) is 18.2 Å². The van der Waals surface area contributed by atoms with Crippen molar-refractivity contribution in [3.8, 4) is 0 Å². The molecule has 0 bridgehead atoms. The van der Waals surface area contributed by atoms with Gasteiger partial charge in [-0.05, 0) is 32.0 Å². The fraction of sp³-hybridized carbons (Fsp3) is 0.500. The first-order chi connectivity index (χ1) is 9.44. The Hall–Kier alpha value is -1.17. The number of hydrogen-bond donors (Lipinski definition) is 2. The van der Waals surface area contributed by atoms with Crippen LogP contribution < -0.4 is 10.2 Å². The molecule has 110 valence electrons. The number of benzene rings is 1. The van der Waals surface area contributed by atoms with E-state index in [0.29, 0.717) is 11.6 Å². The van der Waals surface area contributed by atoms with Gasteiger partial charge in [-0.3, -0.25) is 4.79 Å². The van der Waals surface area contributed by atoms with Gasteiger partial charge in [0.1, 0.15) is 31.1 Å². The van der Waals surface area contributed by atoms with Crippen LogP contribution in [0.5, 0.6) is 0 Å². The number of quaternary nitrogens is 1. The van der Waals surface area contributed by atoms with Gasteiger partial charge >= 0.3 is 0 Å². The molecule has 1 heterocycles. The van der Waals surface area contributed by atoms with Crippen molar-refractivity contribution in [3.05, 3.63) is 29.0 Å². The predicted octanol–water partition coefficient (Wildman–Crippen LogP) is 1.11. The molecule has 2 atom stereocenters. The first-order valence-electron chi connectivity index (χ1n) is 6.68. The number of nitrogens with one attached hydrogen (secondary N) is 2. The zero-order valence-electron chi connectivity index (χ0n) is 11.6. The van der Waals surface area contributed by atoms with E-state index < -0.39 is 5.82 Å². The minimum absolute atomic E-state index is 0.122. The monoisotopic (exact) mass is 301 g/mol. The van der Waals surface area contributed by atoms with E-state index in [-0.39, 0.29) is 23.8 Å². The fourth-order valence-corrected chi connectivity index (χ4v) is 2.72. The third-order valence-corrected chi connectivity index (χ3v) is 3.47. The third kappa shape index (κ3) is 4.16. The van der Waals surface area contributed by atoms with Gasteiger partial charge in [-0.15, -0.1) is 0 Å². The maximum absolute atomic E-state index is 13.5. The van der Waals surface area contributed by atoms with E-state index in [1.165, 1.54) is 18.2 Å². The molecule has 0 unspecified atom stereocenters.